The van der Waals surface area contributed by atoms with Gasteiger partial charge in [-0.05, 0) is 67.5 Å². The number of nitro groups is 1. The Morgan fingerprint density at radius 3 is 2.11 bits per heavy atom. The smallest absolute Gasteiger partial charge is 0.279 e. The monoisotopic (exact) mass is 971 g/mol. The molecule has 20 heteroatoms. The number of benzene rings is 3. The van der Waals surface area contributed by atoms with E-state index in [1.807, 2.05) is 6.92 Å². The van der Waals surface area contributed by atoms with Crippen molar-refractivity contribution in [2.24, 2.45) is 0 Å². The molecule has 1 atom stereocenters. The van der Waals surface area contributed by atoms with E-state index >= 15 is 0 Å². The largest absolute Gasteiger partial charge is 0.465 e. The Balaban J connectivity index is 1.54. The van der Waals surface area contributed by atoms with E-state index in [4.69, 9.17) is 23.6 Å². The predicted octanol–water partition coefficient (Wildman–Crippen LogP) is 9.45. The maximum atomic E-state index is 14.6. The molecule has 0 amide bonds. The van der Waals surface area contributed by atoms with Crippen molar-refractivity contribution in [3.63, 3.8) is 0 Å². The van der Waals surface area contributed by atoms with Gasteiger partial charge in [0.15, 0.2) is 15.1 Å². The van der Waals surface area contributed by atoms with Gasteiger partial charge >= 0.3 is 0 Å². The van der Waals surface area contributed by atoms with Gasteiger partial charge < -0.3 is 18.6 Å². The van der Waals surface area contributed by atoms with Crippen LogP contribution in [0.4, 0.5) is 5.69 Å². The lowest BCUT2D eigenvalue weighted by atomic mass is 10.1. The molecule has 5 aromatic rings. The van der Waals surface area contributed by atoms with Crippen LogP contribution < -0.4 is 15.9 Å². The van der Waals surface area contributed by atoms with Crippen LogP contribution in [-0.2, 0) is 37.2 Å². The Bertz CT molecular complexity index is 2670. The van der Waals surface area contributed by atoms with Crippen LogP contribution in [0.1, 0.15) is 27.7 Å². The van der Waals surface area contributed by atoms with Gasteiger partial charge in [0.2, 0.25) is 10.0 Å². The van der Waals surface area contributed by atoms with Gasteiger partial charge in [0.25, 0.3) is 16.8 Å². The third-order valence-electron chi connectivity index (χ3n) is 11.4. The number of fused-ring (bicyclic) bond motifs is 2. The normalized spacial score (nSPS) is 13.6. The molecule has 0 bridgehead atoms. The van der Waals surface area contributed by atoms with E-state index in [1.165, 1.54) is 20.4 Å². The molecule has 64 heavy (non-hydrogen) atoms. The van der Waals surface area contributed by atoms with E-state index in [9.17, 15) is 28.1 Å². The van der Waals surface area contributed by atoms with Crippen molar-refractivity contribution in [2.45, 2.75) is 121 Å². The number of hydrogen-bond donors (Lipinski definition) is 0. The first-order valence-corrected chi connectivity index (χ1v) is 34.1. The molecule has 0 aliphatic heterocycles. The van der Waals surface area contributed by atoms with E-state index in [1.54, 1.807) is 41.0 Å². The molecule has 2 heterocycles. The molecule has 3 aromatic carbocycles. The molecule has 2 aromatic heterocycles. The fourth-order valence-corrected chi connectivity index (χ4v) is 12.1. The summed E-state index contributed by atoms with van der Waals surface area (Å²) < 4.78 is 58.1. The summed E-state index contributed by atoms with van der Waals surface area (Å²) in [5.74, 6) is 0.432. The van der Waals surface area contributed by atoms with Crippen molar-refractivity contribution < 1.29 is 32.0 Å². The van der Waals surface area contributed by atoms with Crippen molar-refractivity contribution >= 4 is 72.8 Å². The molecular formula is C44H65N5O10S2Si3. The predicted molar refractivity (Wildman–Crippen MR) is 264 cm³/mol. The topological polar surface area (TPSA) is 174 Å². The zero-order valence-corrected chi connectivity index (χ0v) is 44.0. The van der Waals surface area contributed by atoms with E-state index in [0.717, 1.165) is 35.8 Å². The molecule has 0 N–H and O–H groups in total. The molecule has 5 rings (SSSR count). The zero-order chi connectivity index (χ0) is 47.4. The molecule has 0 fully saturated rings. The first-order chi connectivity index (χ1) is 29.7. The summed E-state index contributed by atoms with van der Waals surface area (Å²) >= 11 is 1.12. The van der Waals surface area contributed by atoms with Gasteiger partial charge in [-0.1, -0.05) is 89.8 Å². The van der Waals surface area contributed by atoms with E-state index < -0.39 is 51.1 Å². The Labute approximate surface area is 383 Å². The Morgan fingerprint density at radius 1 is 0.875 bits per heavy atom. The third-order valence-corrected chi connectivity index (χ3v) is 22.5. The highest BCUT2D eigenvalue weighted by Crippen LogP contribution is 2.38. The highest BCUT2D eigenvalue weighted by molar-refractivity contribution is 7.89. The van der Waals surface area contributed by atoms with Crippen molar-refractivity contribution in [2.75, 3.05) is 33.1 Å². The van der Waals surface area contributed by atoms with Gasteiger partial charge in [-0.3, -0.25) is 28.2 Å². The fourth-order valence-electron chi connectivity index (χ4n) is 6.56. The lowest BCUT2D eigenvalue weighted by Gasteiger charge is -2.39. The fraction of sp³-hybridized carbons (Fsp3) is 0.523. The molecule has 15 nitrogen and oxygen atoms in total. The molecule has 0 radical (unpaired) electrons. The second-order valence-electron chi connectivity index (χ2n) is 20.1. The van der Waals surface area contributed by atoms with Gasteiger partial charge in [-0.2, -0.15) is 4.31 Å². The average Bonchev–Trinajstić information content (AvgIpc) is 3.51. The first-order valence-electron chi connectivity index (χ1n) is 21.6. The van der Waals surface area contributed by atoms with Crippen LogP contribution in [0.2, 0.25) is 69.5 Å². The van der Waals surface area contributed by atoms with Crippen LogP contribution in [0.25, 0.3) is 32.4 Å². The summed E-state index contributed by atoms with van der Waals surface area (Å²) in [5.41, 5.74) is 0.519. The minimum absolute atomic E-state index is 0.00458. The minimum Gasteiger partial charge on any atom is -0.465 e. The van der Waals surface area contributed by atoms with Crippen LogP contribution in [0.15, 0.2) is 75.1 Å². The molecule has 0 saturated carbocycles. The van der Waals surface area contributed by atoms with E-state index in [2.05, 4.69) is 73.1 Å². The van der Waals surface area contributed by atoms with Gasteiger partial charge in [0.05, 0.1) is 38.1 Å². The standard InChI is InChI=1S/C44H65N5O10S2Si3/c1-32(59-64(11,12)44(2,3)4)29-46(61(54,55)34-21-19-33(20-22-34)49(52)53)23-24-48-42(50)36-16-13-15-35(41(36)60-48)39-43(51)47(30-56-25-27-62(5,6)7)37-17-14-18-38(40(37)45-39)58-31-57-26-28-63(8,9)10/h13-22,32H,23-31H2,1-12H3/t32-/m0/s1. The second kappa shape index (κ2) is 20.3. The molecule has 350 valence electrons. The highest BCUT2D eigenvalue weighted by Gasteiger charge is 2.39. The third kappa shape index (κ3) is 12.7. The number of aromatic nitrogens is 3. The average molecular weight is 972 g/mol. The van der Waals surface area contributed by atoms with Crippen LogP contribution in [-0.4, -0.2) is 94.8 Å². The Kier molecular flexibility index (Phi) is 16.2. The first kappa shape index (κ1) is 51.1. The second-order valence-corrected chi connectivity index (χ2v) is 39.1. The van der Waals surface area contributed by atoms with Crippen LogP contribution in [0.3, 0.4) is 0 Å². The number of sulfonamides is 1. The minimum atomic E-state index is -4.21. The number of ether oxygens (including phenoxy) is 3. The summed E-state index contributed by atoms with van der Waals surface area (Å²) in [7, 11) is -9.27. The summed E-state index contributed by atoms with van der Waals surface area (Å²) in [4.78, 5) is 44.3. The van der Waals surface area contributed by atoms with Crippen molar-refractivity contribution in [3.8, 4) is 17.0 Å². The highest BCUT2D eigenvalue weighted by atomic mass is 32.2. The van der Waals surface area contributed by atoms with Crippen molar-refractivity contribution in [1.82, 2.24) is 17.8 Å². The van der Waals surface area contributed by atoms with E-state index in [-0.39, 0.29) is 60.0 Å². The molecule has 0 aliphatic carbocycles. The maximum absolute atomic E-state index is 14.6. The van der Waals surface area contributed by atoms with Crippen molar-refractivity contribution in [3.05, 3.63) is 91.5 Å². The molecular weight excluding hydrogens is 907 g/mol. The number of nitro benzene ring substituents is 1. The summed E-state index contributed by atoms with van der Waals surface area (Å²) in [6.45, 7) is 26.8. The van der Waals surface area contributed by atoms with Crippen molar-refractivity contribution in [1.29, 1.82) is 0 Å². The summed E-state index contributed by atoms with van der Waals surface area (Å²) in [6.07, 6.45) is -0.509. The summed E-state index contributed by atoms with van der Waals surface area (Å²) in [6, 6.07) is 17.2. The molecule has 0 saturated heterocycles. The maximum Gasteiger partial charge on any atom is 0.279 e. The zero-order valence-electron chi connectivity index (χ0n) is 39.3. The molecule has 0 aliphatic rings. The number of rotatable bonds is 22. The lowest BCUT2D eigenvalue weighted by Crippen LogP contribution is -2.47. The number of hydrogen-bond acceptors (Lipinski definition) is 12. The SMILES string of the molecule is C[C@@H](CN(CCn1sc2c(-c3nc4c(OCOCC[Si](C)(C)C)cccc4n(COCC[Si](C)(C)C)c3=O)cccc2c1=O)S(=O)(=O)c1ccc([N+](=O)[O-])cc1)O[Si](C)(C)C(C)(C)C. The quantitative estimate of drug-likeness (QED) is 0.0212. The number of para-hydroxylation sites is 1. The lowest BCUT2D eigenvalue weighted by molar-refractivity contribution is -0.384. The van der Waals surface area contributed by atoms with Crippen LogP contribution >= 0.6 is 11.5 Å². The molecule has 0 spiro atoms. The number of nitrogens with zero attached hydrogens (tertiary/aromatic N) is 5. The Hall–Kier alpha value is -3.87. The van der Waals surface area contributed by atoms with Crippen LogP contribution in [0, 0.1) is 10.1 Å². The van der Waals surface area contributed by atoms with E-state index in [0.29, 0.717) is 45.6 Å². The van der Waals surface area contributed by atoms with Gasteiger partial charge in [0, 0.05) is 60.1 Å². The Morgan fingerprint density at radius 2 is 1.50 bits per heavy atom. The van der Waals surface area contributed by atoms with Gasteiger partial charge in [-0.15, -0.1) is 0 Å². The van der Waals surface area contributed by atoms with Gasteiger partial charge in [-0.25, -0.2) is 13.4 Å². The van der Waals surface area contributed by atoms with Gasteiger partial charge in [0.1, 0.15) is 23.7 Å². The number of non-ortho nitro benzene ring substituents is 1. The molecule has 0 unspecified atom stereocenters. The summed E-state index contributed by atoms with van der Waals surface area (Å²) in [5, 5.41) is 11.6. The van der Waals surface area contributed by atoms with Crippen LogP contribution in [0.5, 0.6) is 5.75 Å².